The SMILES string of the molecule is CCc1ccc(F)cc1N1CCNCC1. The third kappa shape index (κ3) is 2.29. The first-order valence-corrected chi connectivity index (χ1v) is 5.55. The molecule has 0 aromatic heterocycles. The summed E-state index contributed by atoms with van der Waals surface area (Å²) in [6, 6.07) is 5.10. The highest BCUT2D eigenvalue weighted by molar-refractivity contribution is 5.54. The van der Waals surface area contributed by atoms with E-state index in [4.69, 9.17) is 0 Å². The van der Waals surface area contributed by atoms with Gasteiger partial charge in [0.25, 0.3) is 0 Å². The van der Waals surface area contributed by atoms with Crippen LogP contribution in [0.15, 0.2) is 18.2 Å². The number of aryl methyl sites for hydroxylation is 1. The molecule has 1 aromatic rings. The second-order valence-corrected chi connectivity index (χ2v) is 3.86. The number of hydrogen-bond acceptors (Lipinski definition) is 2. The summed E-state index contributed by atoms with van der Waals surface area (Å²) in [7, 11) is 0. The Morgan fingerprint density at radius 1 is 1.33 bits per heavy atom. The van der Waals surface area contributed by atoms with Gasteiger partial charge in [0.15, 0.2) is 0 Å². The van der Waals surface area contributed by atoms with Crippen LogP contribution in [-0.4, -0.2) is 26.2 Å². The molecular formula is C12H17FN2. The first-order valence-electron chi connectivity index (χ1n) is 5.55. The van der Waals surface area contributed by atoms with Crippen molar-refractivity contribution in [2.24, 2.45) is 0 Å². The van der Waals surface area contributed by atoms with Crippen LogP contribution in [0.4, 0.5) is 10.1 Å². The Hall–Kier alpha value is -1.09. The second-order valence-electron chi connectivity index (χ2n) is 3.86. The molecule has 0 spiro atoms. The third-order valence-electron chi connectivity index (χ3n) is 2.89. The zero-order valence-corrected chi connectivity index (χ0v) is 9.09. The van der Waals surface area contributed by atoms with E-state index in [2.05, 4.69) is 17.1 Å². The van der Waals surface area contributed by atoms with Gasteiger partial charge >= 0.3 is 0 Å². The predicted molar refractivity (Wildman–Crippen MR) is 60.9 cm³/mol. The molecule has 0 radical (unpaired) electrons. The van der Waals surface area contributed by atoms with Crippen LogP contribution in [0.3, 0.4) is 0 Å². The van der Waals surface area contributed by atoms with Crippen molar-refractivity contribution >= 4 is 5.69 Å². The summed E-state index contributed by atoms with van der Waals surface area (Å²) < 4.78 is 13.2. The Balaban J connectivity index is 2.27. The van der Waals surface area contributed by atoms with Crippen molar-refractivity contribution in [1.29, 1.82) is 0 Å². The van der Waals surface area contributed by atoms with Gasteiger partial charge in [-0.1, -0.05) is 13.0 Å². The molecule has 0 bridgehead atoms. The summed E-state index contributed by atoms with van der Waals surface area (Å²) in [5.74, 6) is -0.138. The summed E-state index contributed by atoms with van der Waals surface area (Å²) in [4.78, 5) is 2.26. The highest BCUT2D eigenvalue weighted by atomic mass is 19.1. The molecule has 82 valence electrons. The number of nitrogens with zero attached hydrogens (tertiary/aromatic N) is 1. The molecule has 0 unspecified atom stereocenters. The maximum Gasteiger partial charge on any atom is 0.125 e. The van der Waals surface area contributed by atoms with Crippen LogP contribution in [-0.2, 0) is 6.42 Å². The third-order valence-corrected chi connectivity index (χ3v) is 2.89. The minimum atomic E-state index is -0.138. The van der Waals surface area contributed by atoms with Crippen LogP contribution in [0, 0.1) is 5.82 Å². The zero-order chi connectivity index (χ0) is 10.7. The zero-order valence-electron chi connectivity index (χ0n) is 9.09. The molecule has 1 saturated heterocycles. The Morgan fingerprint density at radius 3 is 2.73 bits per heavy atom. The van der Waals surface area contributed by atoms with Crippen molar-refractivity contribution < 1.29 is 4.39 Å². The lowest BCUT2D eigenvalue weighted by Gasteiger charge is -2.31. The Labute approximate surface area is 90.1 Å². The molecular weight excluding hydrogens is 191 g/mol. The highest BCUT2D eigenvalue weighted by Crippen LogP contribution is 2.22. The van der Waals surface area contributed by atoms with Gasteiger partial charge in [-0.05, 0) is 24.1 Å². The minimum absolute atomic E-state index is 0.138. The van der Waals surface area contributed by atoms with Gasteiger partial charge in [-0.25, -0.2) is 4.39 Å². The van der Waals surface area contributed by atoms with Crippen LogP contribution in [0.5, 0.6) is 0 Å². The number of anilines is 1. The number of halogens is 1. The average Bonchev–Trinajstić information content (AvgIpc) is 2.30. The molecule has 15 heavy (non-hydrogen) atoms. The van der Waals surface area contributed by atoms with E-state index < -0.39 is 0 Å². The molecule has 1 aromatic carbocycles. The van der Waals surface area contributed by atoms with Crippen LogP contribution < -0.4 is 10.2 Å². The molecule has 0 amide bonds. The van der Waals surface area contributed by atoms with Gasteiger partial charge in [-0.2, -0.15) is 0 Å². The maximum atomic E-state index is 13.2. The fourth-order valence-corrected chi connectivity index (χ4v) is 2.04. The van der Waals surface area contributed by atoms with E-state index in [1.807, 2.05) is 6.07 Å². The van der Waals surface area contributed by atoms with Crippen molar-refractivity contribution in [2.45, 2.75) is 13.3 Å². The van der Waals surface area contributed by atoms with Crippen molar-refractivity contribution in [2.75, 3.05) is 31.1 Å². The first-order chi connectivity index (χ1) is 7.31. The molecule has 0 aliphatic carbocycles. The second kappa shape index (κ2) is 4.62. The van der Waals surface area contributed by atoms with Crippen LogP contribution in [0.25, 0.3) is 0 Å². The quantitative estimate of drug-likeness (QED) is 0.797. The topological polar surface area (TPSA) is 15.3 Å². The normalized spacial score (nSPS) is 16.8. The fourth-order valence-electron chi connectivity index (χ4n) is 2.04. The molecule has 3 heteroatoms. The summed E-state index contributed by atoms with van der Waals surface area (Å²) >= 11 is 0. The minimum Gasteiger partial charge on any atom is -0.369 e. The van der Waals surface area contributed by atoms with Crippen LogP contribution in [0.1, 0.15) is 12.5 Å². The maximum absolute atomic E-state index is 13.2. The smallest absolute Gasteiger partial charge is 0.125 e. The van der Waals surface area contributed by atoms with Crippen LogP contribution >= 0.6 is 0 Å². The number of benzene rings is 1. The van der Waals surface area contributed by atoms with E-state index in [-0.39, 0.29) is 5.82 Å². The van der Waals surface area contributed by atoms with Crippen LogP contribution in [0.2, 0.25) is 0 Å². The molecule has 0 saturated carbocycles. The van der Waals surface area contributed by atoms with E-state index in [9.17, 15) is 4.39 Å². The summed E-state index contributed by atoms with van der Waals surface area (Å²) in [5.41, 5.74) is 2.30. The Morgan fingerprint density at radius 2 is 2.07 bits per heavy atom. The summed E-state index contributed by atoms with van der Waals surface area (Å²) in [6.45, 7) is 6.02. The van der Waals surface area contributed by atoms with Crippen molar-refractivity contribution in [3.05, 3.63) is 29.6 Å². The molecule has 1 N–H and O–H groups in total. The van der Waals surface area contributed by atoms with Gasteiger partial charge in [0.2, 0.25) is 0 Å². The Kier molecular flexibility index (Phi) is 3.21. The van der Waals surface area contributed by atoms with Gasteiger partial charge in [0, 0.05) is 31.9 Å². The molecule has 1 heterocycles. The largest absolute Gasteiger partial charge is 0.369 e. The molecule has 2 nitrogen and oxygen atoms in total. The van der Waals surface area contributed by atoms with Gasteiger partial charge < -0.3 is 10.2 Å². The highest BCUT2D eigenvalue weighted by Gasteiger charge is 2.13. The fraction of sp³-hybridized carbons (Fsp3) is 0.500. The average molecular weight is 208 g/mol. The van der Waals surface area contributed by atoms with E-state index in [1.54, 1.807) is 12.1 Å². The van der Waals surface area contributed by atoms with E-state index in [0.29, 0.717) is 0 Å². The predicted octanol–water partition coefficient (Wildman–Crippen LogP) is 1.80. The lowest BCUT2D eigenvalue weighted by atomic mass is 10.1. The molecule has 2 rings (SSSR count). The van der Waals surface area contributed by atoms with E-state index in [1.165, 1.54) is 5.56 Å². The van der Waals surface area contributed by atoms with Crippen molar-refractivity contribution in [3.8, 4) is 0 Å². The number of nitrogens with one attached hydrogen (secondary N) is 1. The lowest BCUT2D eigenvalue weighted by Crippen LogP contribution is -2.43. The van der Waals surface area contributed by atoms with Crippen molar-refractivity contribution in [1.82, 2.24) is 5.32 Å². The van der Waals surface area contributed by atoms with E-state index in [0.717, 1.165) is 38.3 Å². The number of rotatable bonds is 2. The van der Waals surface area contributed by atoms with Gasteiger partial charge in [-0.15, -0.1) is 0 Å². The van der Waals surface area contributed by atoms with Crippen molar-refractivity contribution in [3.63, 3.8) is 0 Å². The molecule has 1 aliphatic heterocycles. The summed E-state index contributed by atoms with van der Waals surface area (Å²) in [5, 5.41) is 3.30. The Bertz CT molecular complexity index is 332. The lowest BCUT2D eigenvalue weighted by molar-refractivity contribution is 0.583. The molecule has 1 fully saturated rings. The monoisotopic (exact) mass is 208 g/mol. The standard InChI is InChI=1S/C12H17FN2/c1-2-10-3-4-11(13)9-12(10)15-7-5-14-6-8-15/h3-4,9,14H,2,5-8H2,1H3. The molecule has 1 aliphatic rings. The van der Waals surface area contributed by atoms with Gasteiger partial charge in [0.05, 0.1) is 0 Å². The summed E-state index contributed by atoms with van der Waals surface area (Å²) in [6.07, 6.45) is 0.958. The first kappa shape index (κ1) is 10.4. The van der Waals surface area contributed by atoms with Gasteiger partial charge in [-0.3, -0.25) is 0 Å². The number of hydrogen-bond donors (Lipinski definition) is 1. The molecule has 0 atom stereocenters. The number of piperazine rings is 1. The van der Waals surface area contributed by atoms with Gasteiger partial charge in [0.1, 0.15) is 5.82 Å². The van der Waals surface area contributed by atoms with E-state index >= 15 is 0 Å².